The fourth-order valence-electron chi connectivity index (χ4n) is 2.51. The molecule has 0 aliphatic rings. The molecule has 1 N–H and O–H groups in total. The Hall–Kier alpha value is -1.90. The Morgan fingerprint density at radius 1 is 1.10 bits per heavy atom. The zero-order chi connectivity index (χ0) is 14.7. The first kappa shape index (κ1) is 14.1. The summed E-state index contributed by atoms with van der Waals surface area (Å²) >= 11 is 6.50. The summed E-state index contributed by atoms with van der Waals surface area (Å²) in [6.07, 6.45) is 3.70. The first-order valence-electron chi connectivity index (χ1n) is 7.12. The summed E-state index contributed by atoms with van der Waals surface area (Å²) in [5, 5.41) is 6.40. The molecule has 0 unspecified atom stereocenters. The smallest absolute Gasteiger partial charge is 0.0487 e. The predicted molar refractivity (Wildman–Crippen MR) is 89.6 cm³/mol. The molecular formula is C18H17ClN2. The second-order valence-corrected chi connectivity index (χ2v) is 5.40. The third-order valence-corrected chi connectivity index (χ3v) is 3.90. The van der Waals surface area contributed by atoms with Gasteiger partial charge in [0.15, 0.2) is 0 Å². The summed E-state index contributed by atoms with van der Waals surface area (Å²) in [5.74, 6) is 0. The van der Waals surface area contributed by atoms with Crippen LogP contribution in [0.2, 0.25) is 5.02 Å². The van der Waals surface area contributed by atoms with E-state index in [2.05, 4.69) is 41.5 Å². The van der Waals surface area contributed by atoms with Crippen molar-refractivity contribution in [3.8, 4) is 11.1 Å². The van der Waals surface area contributed by atoms with Gasteiger partial charge in [-0.15, -0.1) is 0 Å². The molecule has 0 bridgehead atoms. The number of hydrogen-bond donors (Lipinski definition) is 1. The highest BCUT2D eigenvalue weighted by Gasteiger charge is 2.08. The average Bonchev–Trinajstić information content (AvgIpc) is 2.53. The maximum absolute atomic E-state index is 6.50. The van der Waals surface area contributed by atoms with Gasteiger partial charge in [-0.2, -0.15) is 0 Å². The molecule has 0 fully saturated rings. The molecule has 0 aliphatic heterocycles. The molecule has 0 radical (unpaired) electrons. The largest absolute Gasteiger partial charge is 0.313 e. The van der Waals surface area contributed by atoms with E-state index in [0.29, 0.717) is 0 Å². The Morgan fingerprint density at radius 2 is 2.00 bits per heavy atom. The van der Waals surface area contributed by atoms with Crippen LogP contribution in [0.15, 0.2) is 54.9 Å². The lowest BCUT2D eigenvalue weighted by molar-refractivity contribution is 0.727. The van der Waals surface area contributed by atoms with Crippen LogP contribution in [0.5, 0.6) is 0 Å². The van der Waals surface area contributed by atoms with E-state index in [-0.39, 0.29) is 0 Å². The van der Waals surface area contributed by atoms with Crippen LogP contribution in [0.25, 0.3) is 21.9 Å². The van der Waals surface area contributed by atoms with Gasteiger partial charge in [0, 0.05) is 34.9 Å². The summed E-state index contributed by atoms with van der Waals surface area (Å²) in [6, 6.07) is 14.5. The van der Waals surface area contributed by atoms with Gasteiger partial charge in [-0.25, -0.2) is 0 Å². The van der Waals surface area contributed by atoms with E-state index in [1.54, 1.807) is 0 Å². The van der Waals surface area contributed by atoms with Crippen LogP contribution in [0.4, 0.5) is 0 Å². The third-order valence-electron chi connectivity index (χ3n) is 3.58. The summed E-state index contributed by atoms with van der Waals surface area (Å²) in [5.41, 5.74) is 3.41. The molecule has 0 spiro atoms. The van der Waals surface area contributed by atoms with Gasteiger partial charge < -0.3 is 5.32 Å². The van der Waals surface area contributed by atoms with Crippen molar-refractivity contribution in [2.45, 2.75) is 13.5 Å². The van der Waals surface area contributed by atoms with Crippen molar-refractivity contribution in [2.75, 3.05) is 6.54 Å². The van der Waals surface area contributed by atoms with Gasteiger partial charge in [-0.05, 0) is 35.2 Å². The van der Waals surface area contributed by atoms with Gasteiger partial charge >= 0.3 is 0 Å². The van der Waals surface area contributed by atoms with E-state index in [1.807, 2.05) is 30.6 Å². The standard InChI is InChI=1S/C18H17ClN2/c1-2-20-11-13-6-7-17(18(19)10-13)16-5-3-4-14-12-21-9-8-15(14)16/h3-10,12,20H,2,11H2,1H3. The molecule has 3 rings (SSSR count). The van der Waals surface area contributed by atoms with Crippen LogP contribution >= 0.6 is 11.6 Å². The maximum atomic E-state index is 6.50. The van der Waals surface area contributed by atoms with Gasteiger partial charge in [0.05, 0.1) is 0 Å². The van der Waals surface area contributed by atoms with Crippen molar-refractivity contribution < 1.29 is 0 Å². The van der Waals surface area contributed by atoms with Crippen molar-refractivity contribution in [3.63, 3.8) is 0 Å². The minimum absolute atomic E-state index is 0.787. The monoisotopic (exact) mass is 296 g/mol. The van der Waals surface area contributed by atoms with Crippen LogP contribution in [-0.2, 0) is 6.54 Å². The molecule has 2 nitrogen and oxygen atoms in total. The average molecular weight is 297 g/mol. The van der Waals surface area contributed by atoms with Crippen LogP contribution in [0, 0.1) is 0 Å². The normalized spacial score (nSPS) is 11.0. The van der Waals surface area contributed by atoms with Crippen molar-refractivity contribution >= 4 is 22.4 Å². The predicted octanol–water partition coefficient (Wildman–Crippen LogP) is 4.66. The second-order valence-electron chi connectivity index (χ2n) is 5.00. The molecule has 106 valence electrons. The van der Waals surface area contributed by atoms with Crippen LogP contribution in [0.1, 0.15) is 12.5 Å². The topological polar surface area (TPSA) is 24.9 Å². The Bertz CT molecular complexity index is 763. The highest BCUT2D eigenvalue weighted by Crippen LogP contribution is 2.33. The Kier molecular flexibility index (Phi) is 4.18. The number of hydrogen-bond acceptors (Lipinski definition) is 2. The van der Waals surface area contributed by atoms with Gasteiger partial charge in [0.2, 0.25) is 0 Å². The highest BCUT2D eigenvalue weighted by molar-refractivity contribution is 6.33. The van der Waals surface area contributed by atoms with Crippen molar-refractivity contribution in [1.29, 1.82) is 0 Å². The van der Waals surface area contributed by atoms with Gasteiger partial charge in [-0.3, -0.25) is 4.98 Å². The molecule has 0 saturated heterocycles. The number of benzene rings is 2. The molecule has 2 aromatic carbocycles. The number of nitrogens with zero attached hydrogens (tertiary/aromatic N) is 1. The lowest BCUT2D eigenvalue weighted by atomic mass is 9.98. The third kappa shape index (κ3) is 2.92. The number of aromatic nitrogens is 1. The molecule has 0 amide bonds. The van der Waals surface area contributed by atoms with Crippen molar-refractivity contribution in [2.24, 2.45) is 0 Å². The summed E-state index contributed by atoms with van der Waals surface area (Å²) in [6.45, 7) is 3.89. The number of rotatable bonds is 4. The van der Waals surface area contributed by atoms with Gasteiger partial charge in [-0.1, -0.05) is 48.9 Å². The molecule has 3 aromatic rings. The van der Waals surface area contributed by atoms with E-state index >= 15 is 0 Å². The second kappa shape index (κ2) is 6.25. The van der Waals surface area contributed by atoms with Crippen molar-refractivity contribution in [1.82, 2.24) is 10.3 Å². The van der Waals surface area contributed by atoms with E-state index in [9.17, 15) is 0 Å². The molecule has 0 saturated carbocycles. The maximum Gasteiger partial charge on any atom is 0.0487 e. The molecule has 1 heterocycles. The summed E-state index contributed by atoms with van der Waals surface area (Å²) in [7, 11) is 0. The van der Waals surface area contributed by atoms with E-state index in [1.165, 1.54) is 10.9 Å². The Balaban J connectivity index is 2.06. The quantitative estimate of drug-likeness (QED) is 0.757. The lowest BCUT2D eigenvalue weighted by Gasteiger charge is -2.10. The molecule has 1 aromatic heterocycles. The molecule has 0 aliphatic carbocycles. The van der Waals surface area contributed by atoms with Crippen molar-refractivity contribution in [3.05, 3.63) is 65.4 Å². The van der Waals surface area contributed by atoms with Crippen LogP contribution in [-0.4, -0.2) is 11.5 Å². The molecule has 0 atom stereocenters. The van der Waals surface area contributed by atoms with Gasteiger partial charge in [0.1, 0.15) is 0 Å². The molecule has 21 heavy (non-hydrogen) atoms. The Morgan fingerprint density at radius 3 is 2.81 bits per heavy atom. The Labute approximate surface area is 129 Å². The minimum Gasteiger partial charge on any atom is -0.313 e. The van der Waals surface area contributed by atoms with E-state index in [4.69, 9.17) is 11.6 Å². The molecule has 3 heteroatoms. The molecular weight excluding hydrogens is 280 g/mol. The number of nitrogens with one attached hydrogen (secondary N) is 1. The summed E-state index contributed by atoms with van der Waals surface area (Å²) in [4.78, 5) is 4.18. The SMILES string of the molecule is CCNCc1ccc(-c2cccc3cnccc23)c(Cl)c1. The minimum atomic E-state index is 0.787. The zero-order valence-corrected chi connectivity index (χ0v) is 12.7. The number of halogens is 1. The fourth-order valence-corrected chi connectivity index (χ4v) is 2.82. The highest BCUT2D eigenvalue weighted by atomic mass is 35.5. The lowest BCUT2D eigenvalue weighted by Crippen LogP contribution is -2.11. The first-order chi connectivity index (χ1) is 10.3. The fraction of sp³-hybridized carbons (Fsp3) is 0.167. The zero-order valence-electron chi connectivity index (χ0n) is 11.9. The van der Waals surface area contributed by atoms with Gasteiger partial charge in [0.25, 0.3) is 0 Å². The van der Waals surface area contributed by atoms with Crippen LogP contribution in [0.3, 0.4) is 0 Å². The van der Waals surface area contributed by atoms with E-state index in [0.717, 1.165) is 34.6 Å². The van der Waals surface area contributed by atoms with Crippen LogP contribution < -0.4 is 5.32 Å². The number of fused-ring (bicyclic) bond motifs is 1. The van der Waals surface area contributed by atoms with E-state index < -0.39 is 0 Å². The summed E-state index contributed by atoms with van der Waals surface area (Å²) < 4.78 is 0. The first-order valence-corrected chi connectivity index (χ1v) is 7.49. The number of pyridine rings is 1.